The molecule has 0 saturated carbocycles. The van der Waals surface area contributed by atoms with E-state index in [1.807, 2.05) is 0 Å². The first kappa shape index (κ1) is 8.20. The molecule has 62 valence electrons. The van der Waals surface area contributed by atoms with Crippen LogP contribution in [0.1, 0.15) is 20.3 Å². The first-order valence-corrected chi connectivity index (χ1v) is 3.65. The molecule has 1 fully saturated rings. The quantitative estimate of drug-likeness (QED) is 0.519. The normalized spacial score (nSPS) is 25.5. The Balaban J connectivity index is 2.80. The Hall–Kier alpha value is -0.900. The number of carbonyl (C=O) groups is 2. The van der Waals surface area contributed by atoms with E-state index in [1.165, 1.54) is 4.90 Å². The monoisotopic (exact) mass is 156 g/mol. The molecular weight excluding hydrogens is 144 g/mol. The third-order valence-corrected chi connectivity index (χ3v) is 1.73. The summed E-state index contributed by atoms with van der Waals surface area (Å²) in [4.78, 5) is 23.4. The fraction of sp³-hybridized carbons (Fsp3) is 0.714. The smallest absolute Gasteiger partial charge is 0.246 e. The van der Waals surface area contributed by atoms with E-state index in [0.717, 1.165) is 0 Å². The lowest BCUT2D eigenvalue weighted by Gasteiger charge is -2.17. The van der Waals surface area contributed by atoms with Gasteiger partial charge in [-0.1, -0.05) is 0 Å². The van der Waals surface area contributed by atoms with Gasteiger partial charge in [0, 0.05) is 6.04 Å². The highest BCUT2D eigenvalue weighted by Gasteiger charge is 2.37. The molecule has 1 aliphatic heterocycles. The number of likely N-dealkylation sites (tertiary alicyclic amines) is 1. The predicted octanol–water partition coefficient (Wildman–Crippen LogP) is -0.519. The molecule has 0 aromatic rings. The predicted molar refractivity (Wildman–Crippen MR) is 39.6 cm³/mol. The fourth-order valence-corrected chi connectivity index (χ4v) is 1.22. The van der Waals surface area contributed by atoms with Crippen LogP contribution in [0.4, 0.5) is 0 Å². The molecule has 0 aliphatic carbocycles. The van der Waals surface area contributed by atoms with E-state index < -0.39 is 6.04 Å². The second-order valence-corrected chi connectivity index (χ2v) is 3.01. The van der Waals surface area contributed by atoms with E-state index in [2.05, 4.69) is 0 Å². The van der Waals surface area contributed by atoms with Crippen LogP contribution in [-0.2, 0) is 9.59 Å². The Labute approximate surface area is 65.3 Å². The molecule has 4 nitrogen and oxygen atoms in total. The Bertz CT molecular complexity index is 201. The number of nitrogens with two attached hydrogens (primary N) is 1. The lowest BCUT2D eigenvalue weighted by atomic mass is 10.3. The zero-order chi connectivity index (χ0) is 8.59. The molecule has 11 heavy (non-hydrogen) atoms. The molecule has 0 aromatic carbocycles. The van der Waals surface area contributed by atoms with Crippen molar-refractivity contribution in [2.24, 2.45) is 5.73 Å². The van der Waals surface area contributed by atoms with Crippen molar-refractivity contribution < 1.29 is 9.59 Å². The van der Waals surface area contributed by atoms with Gasteiger partial charge in [-0.25, -0.2) is 0 Å². The summed E-state index contributed by atoms with van der Waals surface area (Å²) in [6.45, 7) is 3.60. The third kappa shape index (κ3) is 1.26. The summed E-state index contributed by atoms with van der Waals surface area (Å²) < 4.78 is 0. The Morgan fingerprint density at radius 2 is 2.09 bits per heavy atom. The second kappa shape index (κ2) is 2.62. The molecule has 4 heteroatoms. The maximum atomic E-state index is 11.1. The maximum Gasteiger partial charge on any atom is 0.246 e. The molecular formula is C7H12N2O2. The topological polar surface area (TPSA) is 63.4 Å². The molecule has 0 radical (unpaired) electrons. The first-order chi connectivity index (χ1) is 5.04. The summed E-state index contributed by atoms with van der Waals surface area (Å²) in [5.74, 6) is -0.400. The van der Waals surface area contributed by atoms with Gasteiger partial charge in [-0.15, -0.1) is 0 Å². The van der Waals surface area contributed by atoms with Crippen molar-refractivity contribution in [2.75, 3.05) is 0 Å². The van der Waals surface area contributed by atoms with Crippen LogP contribution in [0.5, 0.6) is 0 Å². The summed E-state index contributed by atoms with van der Waals surface area (Å²) in [5, 5.41) is 0. The highest BCUT2D eigenvalue weighted by atomic mass is 16.2. The molecule has 2 N–H and O–H groups in total. The van der Waals surface area contributed by atoms with Crippen molar-refractivity contribution in [1.29, 1.82) is 0 Å². The van der Waals surface area contributed by atoms with Crippen LogP contribution in [-0.4, -0.2) is 28.8 Å². The average Bonchev–Trinajstić information content (AvgIpc) is 2.07. The van der Waals surface area contributed by atoms with Crippen LogP contribution in [0, 0.1) is 0 Å². The van der Waals surface area contributed by atoms with Crippen molar-refractivity contribution in [3.63, 3.8) is 0 Å². The van der Waals surface area contributed by atoms with Gasteiger partial charge in [-0.2, -0.15) is 0 Å². The average molecular weight is 156 g/mol. The highest BCUT2D eigenvalue weighted by Crippen LogP contribution is 2.13. The Morgan fingerprint density at radius 3 is 2.27 bits per heavy atom. The second-order valence-electron chi connectivity index (χ2n) is 3.01. The zero-order valence-corrected chi connectivity index (χ0v) is 6.70. The summed E-state index contributed by atoms with van der Waals surface area (Å²) in [7, 11) is 0. The van der Waals surface area contributed by atoms with Crippen molar-refractivity contribution in [3.8, 4) is 0 Å². The molecule has 0 unspecified atom stereocenters. The molecule has 0 spiro atoms. The molecule has 1 rings (SSSR count). The van der Waals surface area contributed by atoms with Crippen molar-refractivity contribution in [2.45, 2.75) is 32.4 Å². The fourth-order valence-electron chi connectivity index (χ4n) is 1.22. The number of amides is 2. The number of carbonyl (C=O) groups excluding carboxylic acids is 2. The van der Waals surface area contributed by atoms with Crippen LogP contribution in [0.2, 0.25) is 0 Å². The van der Waals surface area contributed by atoms with Gasteiger partial charge in [0.2, 0.25) is 11.8 Å². The molecule has 1 atom stereocenters. The van der Waals surface area contributed by atoms with Crippen LogP contribution >= 0.6 is 0 Å². The minimum Gasteiger partial charge on any atom is -0.319 e. The number of nitrogens with zero attached hydrogens (tertiary/aromatic N) is 1. The Kier molecular flexibility index (Phi) is 1.95. The lowest BCUT2D eigenvalue weighted by molar-refractivity contribution is -0.140. The zero-order valence-electron chi connectivity index (χ0n) is 6.70. The van der Waals surface area contributed by atoms with E-state index in [1.54, 1.807) is 13.8 Å². The maximum absolute atomic E-state index is 11.1. The molecule has 0 aromatic heterocycles. The van der Waals surface area contributed by atoms with Gasteiger partial charge in [0.15, 0.2) is 0 Å². The molecule has 1 aliphatic rings. The summed E-state index contributed by atoms with van der Waals surface area (Å²) in [6, 6.07) is -0.673. The summed E-state index contributed by atoms with van der Waals surface area (Å²) in [5.41, 5.74) is 5.38. The number of hydrogen-bond acceptors (Lipinski definition) is 3. The van der Waals surface area contributed by atoms with Crippen molar-refractivity contribution in [3.05, 3.63) is 0 Å². The minimum absolute atomic E-state index is 0.0662. The summed E-state index contributed by atoms with van der Waals surface area (Å²) >= 11 is 0. The molecule has 0 bridgehead atoms. The van der Waals surface area contributed by atoms with Gasteiger partial charge < -0.3 is 5.73 Å². The lowest BCUT2D eigenvalue weighted by Crippen LogP contribution is -2.39. The largest absolute Gasteiger partial charge is 0.319 e. The number of hydrogen-bond donors (Lipinski definition) is 1. The summed E-state index contributed by atoms with van der Waals surface area (Å²) in [6.07, 6.45) is 0.164. The molecule has 2 amide bonds. The van der Waals surface area contributed by atoms with E-state index in [4.69, 9.17) is 5.73 Å². The molecule has 1 saturated heterocycles. The van der Waals surface area contributed by atoms with Crippen LogP contribution in [0.3, 0.4) is 0 Å². The van der Waals surface area contributed by atoms with Gasteiger partial charge in [0.1, 0.15) is 0 Å². The van der Waals surface area contributed by atoms with Crippen LogP contribution in [0.15, 0.2) is 0 Å². The van der Waals surface area contributed by atoms with E-state index >= 15 is 0 Å². The van der Waals surface area contributed by atoms with Gasteiger partial charge in [0.25, 0.3) is 0 Å². The van der Waals surface area contributed by atoms with Gasteiger partial charge in [0.05, 0.1) is 12.5 Å². The Morgan fingerprint density at radius 1 is 1.55 bits per heavy atom. The molecule has 1 heterocycles. The van der Waals surface area contributed by atoms with E-state index in [0.29, 0.717) is 0 Å². The third-order valence-electron chi connectivity index (χ3n) is 1.73. The SMILES string of the molecule is CC(C)N1C(=O)C[C@@H](N)C1=O. The first-order valence-electron chi connectivity index (χ1n) is 3.65. The van der Waals surface area contributed by atoms with Gasteiger partial charge >= 0.3 is 0 Å². The standard InChI is InChI=1S/C7H12N2O2/c1-4(2)9-6(10)3-5(8)7(9)11/h4-5H,3,8H2,1-2H3/t5-/m1/s1. The number of imide groups is 1. The van der Waals surface area contributed by atoms with Crippen LogP contribution in [0.25, 0.3) is 0 Å². The van der Waals surface area contributed by atoms with Crippen molar-refractivity contribution >= 4 is 11.8 Å². The van der Waals surface area contributed by atoms with Crippen LogP contribution < -0.4 is 5.73 Å². The highest BCUT2D eigenvalue weighted by molar-refractivity contribution is 6.05. The van der Waals surface area contributed by atoms with E-state index in [9.17, 15) is 9.59 Å². The minimum atomic E-state index is -0.607. The van der Waals surface area contributed by atoms with Gasteiger partial charge in [-0.05, 0) is 13.8 Å². The van der Waals surface area contributed by atoms with Gasteiger partial charge in [-0.3, -0.25) is 14.5 Å². The van der Waals surface area contributed by atoms with E-state index in [-0.39, 0.29) is 24.3 Å². The van der Waals surface area contributed by atoms with Crippen molar-refractivity contribution in [1.82, 2.24) is 4.90 Å². The number of rotatable bonds is 1.